The van der Waals surface area contributed by atoms with Crippen LogP contribution in [0.25, 0.3) is 0 Å². The monoisotopic (exact) mass is 378 g/mol. The molecule has 0 bridgehead atoms. The number of fused-ring (bicyclic) bond motifs is 1. The molecule has 0 saturated heterocycles. The molecule has 0 aliphatic carbocycles. The number of hydrogen-bond acceptors (Lipinski definition) is 4. The van der Waals surface area contributed by atoms with Gasteiger partial charge in [0.15, 0.2) is 0 Å². The summed E-state index contributed by atoms with van der Waals surface area (Å²) >= 11 is 0. The van der Waals surface area contributed by atoms with Crippen molar-refractivity contribution < 1.29 is 32.3 Å². The molecule has 2 aromatic carbocycles. The number of carbonyl (C=O) groups excluding carboxylic acids is 3. The highest BCUT2D eigenvalue weighted by Crippen LogP contribution is 2.24. The van der Waals surface area contributed by atoms with E-state index in [2.05, 4.69) is 10.1 Å². The predicted molar refractivity (Wildman–Crippen MR) is 87.2 cm³/mol. The molecule has 3 rings (SSSR count). The first-order valence-electron chi connectivity index (χ1n) is 7.75. The van der Waals surface area contributed by atoms with Gasteiger partial charge in [0, 0.05) is 19.2 Å². The van der Waals surface area contributed by atoms with Gasteiger partial charge in [0.25, 0.3) is 17.7 Å². The maximum Gasteiger partial charge on any atom is 0.573 e. The summed E-state index contributed by atoms with van der Waals surface area (Å²) in [6, 6.07) is 9.15. The fourth-order valence-corrected chi connectivity index (χ4v) is 2.61. The molecule has 1 aliphatic rings. The molecule has 0 spiro atoms. The number of carbonyl (C=O) groups is 3. The van der Waals surface area contributed by atoms with E-state index in [9.17, 15) is 27.6 Å². The maximum atomic E-state index is 12.1. The van der Waals surface area contributed by atoms with Crippen LogP contribution in [0, 0.1) is 0 Å². The molecule has 1 aliphatic heterocycles. The Kier molecular flexibility index (Phi) is 4.61. The summed E-state index contributed by atoms with van der Waals surface area (Å²) < 4.78 is 40.1. The standard InChI is InChI=1S/C18H13F3N2O4/c1-23-16(25)13-7-2-10(8-14(13)17(23)26)9-22-15(24)11-3-5-12(6-4-11)27-18(19,20)21/h2-8H,9H2,1H3,(H,22,24). The molecule has 0 aromatic heterocycles. The smallest absolute Gasteiger partial charge is 0.406 e. The highest BCUT2D eigenvalue weighted by molar-refractivity contribution is 6.21. The lowest BCUT2D eigenvalue weighted by molar-refractivity contribution is -0.274. The first-order valence-corrected chi connectivity index (χ1v) is 7.75. The van der Waals surface area contributed by atoms with Gasteiger partial charge in [-0.2, -0.15) is 0 Å². The summed E-state index contributed by atoms with van der Waals surface area (Å²) in [6.45, 7) is 0.0814. The summed E-state index contributed by atoms with van der Waals surface area (Å²) in [5, 5.41) is 2.60. The molecule has 3 amide bonds. The van der Waals surface area contributed by atoms with Crippen molar-refractivity contribution in [3.8, 4) is 5.75 Å². The van der Waals surface area contributed by atoms with Gasteiger partial charge in [0.05, 0.1) is 11.1 Å². The molecule has 0 radical (unpaired) electrons. The van der Waals surface area contributed by atoms with Crippen molar-refractivity contribution in [2.45, 2.75) is 12.9 Å². The number of rotatable bonds is 4. The van der Waals surface area contributed by atoms with Crippen molar-refractivity contribution in [2.75, 3.05) is 7.05 Å². The van der Waals surface area contributed by atoms with Gasteiger partial charge in [-0.15, -0.1) is 13.2 Å². The Labute approximate surface area is 151 Å². The average molecular weight is 378 g/mol. The van der Waals surface area contributed by atoms with E-state index in [0.29, 0.717) is 11.1 Å². The summed E-state index contributed by atoms with van der Waals surface area (Å²) in [7, 11) is 1.39. The largest absolute Gasteiger partial charge is 0.573 e. The summed E-state index contributed by atoms with van der Waals surface area (Å²) in [5.41, 5.74) is 1.33. The minimum Gasteiger partial charge on any atom is -0.406 e. The molecular weight excluding hydrogens is 365 g/mol. The third-order valence-electron chi connectivity index (χ3n) is 3.96. The Morgan fingerprint density at radius 2 is 1.67 bits per heavy atom. The molecule has 0 atom stereocenters. The van der Waals surface area contributed by atoms with Gasteiger partial charge in [0.2, 0.25) is 0 Å². The molecule has 2 aromatic rings. The number of halogens is 3. The quantitative estimate of drug-likeness (QED) is 0.831. The Hall–Kier alpha value is -3.36. The molecule has 1 N–H and O–H groups in total. The molecule has 27 heavy (non-hydrogen) atoms. The molecular formula is C18H13F3N2O4. The Bertz CT molecular complexity index is 923. The maximum absolute atomic E-state index is 12.1. The fraction of sp³-hybridized carbons (Fsp3) is 0.167. The van der Waals surface area contributed by atoms with Gasteiger partial charge >= 0.3 is 6.36 Å². The number of imide groups is 1. The first-order chi connectivity index (χ1) is 12.7. The second kappa shape index (κ2) is 6.75. The van der Waals surface area contributed by atoms with Crippen LogP contribution in [0.1, 0.15) is 36.6 Å². The van der Waals surface area contributed by atoms with Crippen LogP contribution in [0.2, 0.25) is 0 Å². The highest BCUT2D eigenvalue weighted by atomic mass is 19.4. The number of nitrogens with zero attached hydrogens (tertiary/aromatic N) is 1. The van der Waals surface area contributed by atoms with Crippen LogP contribution < -0.4 is 10.1 Å². The third kappa shape index (κ3) is 3.91. The molecule has 0 fully saturated rings. The van der Waals surface area contributed by atoms with Gasteiger partial charge in [0.1, 0.15) is 5.75 Å². The molecule has 1 heterocycles. The van der Waals surface area contributed by atoms with Crippen molar-refractivity contribution in [1.29, 1.82) is 0 Å². The molecule has 0 saturated carbocycles. The van der Waals surface area contributed by atoms with E-state index in [0.717, 1.165) is 17.0 Å². The van der Waals surface area contributed by atoms with E-state index in [1.165, 1.54) is 31.3 Å². The van der Waals surface area contributed by atoms with Crippen LogP contribution in [-0.4, -0.2) is 36.0 Å². The normalized spacial score (nSPS) is 13.6. The van der Waals surface area contributed by atoms with Crippen LogP contribution in [0.15, 0.2) is 42.5 Å². The topological polar surface area (TPSA) is 75.7 Å². The summed E-state index contributed by atoms with van der Waals surface area (Å²) in [6.07, 6.45) is -4.80. The first kappa shape index (κ1) is 18.4. The van der Waals surface area contributed by atoms with Crippen molar-refractivity contribution in [1.82, 2.24) is 10.2 Å². The molecule has 6 nitrogen and oxygen atoms in total. The lowest BCUT2D eigenvalue weighted by atomic mass is 10.1. The van der Waals surface area contributed by atoms with Crippen LogP contribution in [0.4, 0.5) is 13.2 Å². The van der Waals surface area contributed by atoms with E-state index in [1.807, 2.05) is 0 Å². The minimum absolute atomic E-state index is 0.0814. The molecule has 9 heteroatoms. The summed E-state index contributed by atoms with van der Waals surface area (Å²) in [4.78, 5) is 36.9. The number of alkyl halides is 3. The van der Waals surface area contributed by atoms with E-state index < -0.39 is 23.9 Å². The number of nitrogens with one attached hydrogen (secondary N) is 1. The molecule has 140 valence electrons. The second-order valence-electron chi connectivity index (χ2n) is 5.80. The van der Waals surface area contributed by atoms with E-state index in [-0.39, 0.29) is 23.6 Å². The van der Waals surface area contributed by atoms with E-state index in [4.69, 9.17) is 0 Å². The van der Waals surface area contributed by atoms with Crippen LogP contribution >= 0.6 is 0 Å². The Balaban J connectivity index is 1.65. The fourth-order valence-electron chi connectivity index (χ4n) is 2.61. The number of amides is 3. The number of benzene rings is 2. The van der Waals surface area contributed by atoms with Gasteiger partial charge < -0.3 is 10.1 Å². The minimum atomic E-state index is -4.80. The van der Waals surface area contributed by atoms with E-state index >= 15 is 0 Å². The SMILES string of the molecule is CN1C(=O)c2ccc(CNC(=O)c3ccc(OC(F)(F)F)cc3)cc2C1=O. The zero-order valence-electron chi connectivity index (χ0n) is 14.0. The molecule has 0 unspecified atom stereocenters. The Morgan fingerprint density at radius 1 is 1.04 bits per heavy atom. The van der Waals surface area contributed by atoms with Crippen molar-refractivity contribution >= 4 is 17.7 Å². The number of ether oxygens (including phenoxy) is 1. The predicted octanol–water partition coefficient (Wildman–Crippen LogP) is 2.74. The van der Waals surface area contributed by atoms with Crippen LogP contribution in [-0.2, 0) is 6.54 Å². The van der Waals surface area contributed by atoms with Crippen LogP contribution in [0.3, 0.4) is 0 Å². The Morgan fingerprint density at radius 3 is 2.30 bits per heavy atom. The van der Waals surface area contributed by atoms with Gasteiger partial charge in [-0.1, -0.05) is 6.07 Å². The van der Waals surface area contributed by atoms with Crippen molar-refractivity contribution in [2.24, 2.45) is 0 Å². The zero-order valence-corrected chi connectivity index (χ0v) is 14.0. The van der Waals surface area contributed by atoms with Gasteiger partial charge in [-0.3, -0.25) is 19.3 Å². The lowest BCUT2D eigenvalue weighted by Gasteiger charge is -2.10. The number of hydrogen-bond donors (Lipinski definition) is 1. The second-order valence-corrected chi connectivity index (χ2v) is 5.80. The third-order valence-corrected chi connectivity index (χ3v) is 3.96. The van der Waals surface area contributed by atoms with E-state index in [1.54, 1.807) is 6.07 Å². The summed E-state index contributed by atoms with van der Waals surface area (Å²) in [5.74, 6) is -1.73. The highest BCUT2D eigenvalue weighted by Gasteiger charge is 2.33. The zero-order chi connectivity index (χ0) is 19.8. The van der Waals surface area contributed by atoms with Crippen molar-refractivity contribution in [3.05, 3.63) is 64.7 Å². The van der Waals surface area contributed by atoms with Gasteiger partial charge in [-0.05, 0) is 42.0 Å². The van der Waals surface area contributed by atoms with Crippen LogP contribution in [0.5, 0.6) is 5.75 Å². The van der Waals surface area contributed by atoms with Crippen molar-refractivity contribution in [3.63, 3.8) is 0 Å². The average Bonchev–Trinajstić information content (AvgIpc) is 2.83. The lowest BCUT2D eigenvalue weighted by Crippen LogP contribution is -2.24. The van der Waals surface area contributed by atoms with Gasteiger partial charge in [-0.25, -0.2) is 0 Å².